The van der Waals surface area contributed by atoms with Gasteiger partial charge in [0.25, 0.3) is 5.56 Å². The van der Waals surface area contributed by atoms with Crippen LogP contribution in [0.3, 0.4) is 0 Å². The van der Waals surface area contributed by atoms with Crippen LogP contribution in [0.1, 0.15) is 16.3 Å². The van der Waals surface area contributed by atoms with Crippen LogP contribution in [0.4, 0.5) is 5.69 Å². The number of esters is 1. The van der Waals surface area contributed by atoms with Gasteiger partial charge in [-0.15, -0.1) is 0 Å². The highest BCUT2D eigenvalue weighted by atomic mass is 35.5. The largest absolute Gasteiger partial charge is 0.463 e. The van der Waals surface area contributed by atoms with Gasteiger partial charge in [0.05, 0.1) is 25.5 Å². The maximum atomic E-state index is 11.9. The van der Waals surface area contributed by atoms with Crippen molar-refractivity contribution in [3.8, 4) is 0 Å². The molecule has 0 atom stereocenters. The predicted molar refractivity (Wildman–Crippen MR) is 92.0 cm³/mol. The minimum Gasteiger partial charge on any atom is -0.463 e. The van der Waals surface area contributed by atoms with E-state index in [9.17, 15) is 9.59 Å². The van der Waals surface area contributed by atoms with Gasteiger partial charge in [0.15, 0.2) is 0 Å². The Morgan fingerprint density at radius 3 is 2.72 bits per heavy atom. The summed E-state index contributed by atoms with van der Waals surface area (Å²) in [5.74, 6) is 0.431. The van der Waals surface area contributed by atoms with Crippen LogP contribution in [0.25, 0.3) is 0 Å². The van der Waals surface area contributed by atoms with E-state index in [0.717, 1.165) is 26.2 Å². The van der Waals surface area contributed by atoms with Gasteiger partial charge in [0, 0.05) is 33.2 Å². The van der Waals surface area contributed by atoms with Crippen molar-refractivity contribution in [1.82, 2.24) is 14.7 Å². The van der Waals surface area contributed by atoms with E-state index in [-0.39, 0.29) is 16.3 Å². The van der Waals surface area contributed by atoms with E-state index in [1.807, 2.05) is 0 Å². The number of hydrogen-bond donors (Lipinski definition) is 0. The van der Waals surface area contributed by atoms with Gasteiger partial charge in [-0.1, -0.05) is 11.6 Å². The number of aryl methyl sites for hydroxylation is 1. The smallest absolute Gasteiger partial charge is 0.373 e. The maximum absolute atomic E-state index is 11.9. The van der Waals surface area contributed by atoms with Crippen molar-refractivity contribution in [1.29, 1.82) is 0 Å². The zero-order valence-corrected chi connectivity index (χ0v) is 14.8. The summed E-state index contributed by atoms with van der Waals surface area (Å²) in [6.45, 7) is 3.60. The Kier molecular flexibility index (Phi) is 5.10. The second-order valence-corrected chi connectivity index (χ2v) is 6.17. The van der Waals surface area contributed by atoms with E-state index in [4.69, 9.17) is 16.0 Å². The Balaban J connectivity index is 1.61. The molecule has 1 aliphatic heterocycles. The van der Waals surface area contributed by atoms with Crippen molar-refractivity contribution in [2.45, 2.75) is 6.54 Å². The molecule has 3 rings (SSSR count). The predicted octanol–water partition coefficient (Wildman–Crippen LogP) is 1.14. The first-order valence-corrected chi connectivity index (χ1v) is 8.23. The fourth-order valence-electron chi connectivity index (χ4n) is 2.76. The normalized spacial score (nSPS) is 15.4. The Labute approximate surface area is 149 Å². The van der Waals surface area contributed by atoms with Gasteiger partial charge in [-0.2, -0.15) is 5.10 Å². The molecule has 0 amide bonds. The van der Waals surface area contributed by atoms with Crippen LogP contribution >= 0.6 is 11.6 Å². The lowest BCUT2D eigenvalue weighted by atomic mass is 10.2. The second-order valence-electron chi connectivity index (χ2n) is 5.79. The first-order chi connectivity index (χ1) is 12.0. The number of aromatic nitrogens is 2. The van der Waals surface area contributed by atoms with Gasteiger partial charge in [0.2, 0.25) is 5.76 Å². The van der Waals surface area contributed by atoms with Gasteiger partial charge in [-0.3, -0.25) is 9.69 Å². The highest BCUT2D eigenvalue weighted by Gasteiger charge is 2.22. The van der Waals surface area contributed by atoms with Crippen molar-refractivity contribution in [2.75, 3.05) is 38.2 Å². The summed E-state index contributed by atoms with van der Waals surface area (Å²) in [4.78, 5) is 27.6. The Bertz CT molecular complexity index is 824. The molecule has 8 nitrogen and oxygen atoms in total. The van der Waals surface area contributed by atoms with Crippen LogP contribution in [-0.4, -0.2) is 53.9 Å². The number of hydrogen-bond acceptors (Lipinski definition) is 7. The van der Waals surface area contributed by atoms with Crippen molar-refractivity contribution in [3.63, 3.8) is 0 Å². The summed E-state index contributed by atoms with van der Waals surface area (Å²) in [7, 11) is 2.89. The van der Waals surface area contributed by atoms with E-state index >= 15 is 0 Å². The van der Waals surface area contributed by atoms with E-state index < -0.39 is 5.97 Å². The van der Waals surface area contributed by atoms with Gasteiger partial charge >= 0.3 is 5.97 Å². The fraction of sp³-hybridized carbons (Fsp3) is 0.438. The van der Waals surface area contributed by atoms with Crippen LogP contribution in [0, 0.1) is 0 Å². The summed E-state index contributed by atoms with van der Waals surface area (Å²) in [5, 5.41) is 4.23. The summed E-state index contributed by atoms with van der Waals surface area (Å²) >= 11 is 6.16. The fourth-order valence-corrected chi connectivity index (χ4v) is 3.05. The molecule has 0 N–H and O–H groups in total. The molecular formula is C16H19ClN4O4. The molecule has 9 heteroatoms. The topological polar surface area (TPSA) is 80.8 Å². The SMILES string of the molecule is COC(=O)c1ccc(CN2CCN(c3cnn(C)c(=O)c3Cl)CC2)o1. The van der Waals surface area contributed by atoms with Gasteiger partial charge in [-0.25, -0.2) is 9.48 Å². The molecule has 25 heavy (non-hydrogen) atoms. The number of furan rings is 1. The zero-order chi connectivity index (χ0) is 18.0. The first-order valence-electron chi connectivity index (χ1n) is 7.85. The molecule has 1 aliphatic rings. The molecule has 0 saturated carbocycles. The van der Waals surface area contributed by atoms with Crippen LogP contribution in [0.5, 0.6) is 0 Å². The molecule has 0 aliphatic carbocycles. The molecule has 0 aromatic carbocycles. The summed E-state index contributed by atoms with van der Waals surface area (Å²) in [6, 6.07) is 3.39. The van der Waals surface area contributed by atoms with Crippen molar-refractivity contribution in [2.24, 2.45) is 7.05 Å². The monoisotopic (exact) mass is 366 g/mol. The molecule has 134 valence electrons. The second kappa shape index (κ2) is 7.28. The lowest BCUT2D eigenvalue weighted by Crippen LogP contribution is -2.46. The average Bonchev–Trinajstić information content (AvgIpc) is 3.08. The Hall–Kier alpha value is -2.32. The van der Waals surface area contributed by atoms with Gasteiger partial charge < -0.3 is 14.1 Å². The molecule has 0 bridgehead atoms. The van der Waals surface area contributed by atoms with E-state index in [1.54, 1.807) is 25.4 Å². The summed E-state index contributed by atoms with van der Waals surface area (Å²) in [6.07, 6.45) is 1.62. The third kappa shape index (κ3) is 3.69. The highest BCUT2D eigenvalue weighted by molar-refractivity contribution is 6.33. The van der Waals surface area contributed by atoms with Crippen LogP contribution in [0.2, 0.25) is 5.02 Å². The lowest BCUT2D eigenvalue weighted by molar-refractivity contribution is 0.0561. The number of nitrogens with zero attached hydrogens (tertiary/aromatic N) is 4. The molecule has 3 heterocycles. The molecule has 1 fully saturated rings. The number of ether oxygens (including phenoxy) is 1. The van der Waals surface area contributed by atoms with E-state index in [1.165, 1.54) is 11.8 Å². The molecule has 2 aromatic rings. The molecule has 0 unspecified atom stereocenters. The van der Waals surface area contributed by atoms with Crippen molar-refractivity contribution < 1.29 is 13.9 Å². The zero-order valence-electron chi connectivity index (χ0n) is 14.1. The maximum Gasteiger partial charge on any atom is 0.373 e. The molecule has 1 saturated heterocycles. The Morgan fingerprint density at radius 2 is 2.04 bits per heavy atom. The number of piperazine rings is 1. The third-order valence-corrected chi connectivity index (χ3v) is 4.56. The molecular weight excluding hydrogens is 348 g/mol. The summed E-state index contributed by atoms with van der Waals surface area (Å²) < 4.78 is 11.3. The standard InChI is InChI=1S/C16H19ClN4O4/c1-19-15(22)14(17)12(9-18-19)21-7-5-20(6-8-21)10-11-3-4-13(25-11)16(23)24-2/h3-4,9H,5-8,10H2,1-2H3. The van der Waals surface area contributed by atoms with Crippen LogP contribution < -0.4 is 10.5 Å². The van der Waals surface area contributed by atoms with E-state index in [0.29, 0.717) is 18.0 Å². The third-order valence-electron chi connectivity index (χ3n) is 4.20. The quantitative estimate of drug-likeness (QED) is 0.750. The minimum absolute atomic E-state index is 0.194. The van der Waals surface area contributed by atoms with Crippen molar-refractivity contribution in [3.05, 3.63) is 45.2 Å². The first kappa shape index (κ1) is 17.5. The van der Waals surface area contributed by atoms with Gasteiger partial charge in [-0.05, 0) is 12.1 Å². The summed E-state index contributed by atoms with van der Waals surface area (Å²) in [5.41, 5.74) is 0.364. The number of carbonyl (C=O) groups is 1. The lowest BCUT2D eigenvalue weighted by Gasteiger charge is -2.35. The number of rotatable bonds is 4. The van der Waals surface area contributed by atoms with Crippen molar-refractivity contribution >= 4 is 23.3 Å². The molecule has 0 spiro atoms. The molecule has 2 aromatic heterocycles. The van der Waals surface area contributed by atoms with E-state index in [2.05, 4.69) is 19.6 Å². The number of halogens is 1. The number of methoxy groups -OCH3 is 1. The molecule has 0 radical (unpaired) electrons. The van der Waals surface area contributed by atoms with Crippen LogP contribution in [0.15, 0.2) is 27.5 Å². The number of anilines is 1. The number of carbonyl (C=O) groups excluding carboxylic acids is 1. The van der Waals surface area contributed by atoms with Crippen LogP contribution in [-0.2, 0) is 18.3 Å². The van der Waals surface area contributed by atoms with Gasteiger partial charge in [0.1, 0.15) is 10.8 Å². The Morgan fingerprint density at radius 1 is 1.32 bits per heavy atom. The minimum atomic E-state index is -0.483. The average molecular weight is 367 g/mol. The highest BCUT2D eigenvalue weighted by Crippen LogP contribution is 2.22.